The Kier molecular flexibility index (Phi) is 4.52. The van der Waals surface area contributed by atoms with Crippen LogP contribution in [0.2, 0.25) is 0 Å². The standard InChI is InChI=1S/C11H16FNO2/c1-4-15-13-8(2)9-5-6-11(14-3)10(12)7-9/h5-8,13H,4H2,1-3H3. The maximum atomic E-state index is 13.3. The van der Waals surface area contributed by atoms with Crippen molar-refractivity contribution in [3.8, 4) is 5.75 Å². The van der Waals surface area contributed by atoms with Crippen LogP contribution in [0.15, 0.2) is 18.2 Å². The molecule has 1 aromatic carbocycles. The van der Waals surface area contributed by atoms with Gasteiger partial charge in [-0.25, -0.2) is 4.39 Å². The molecular formula is C11H16FNO2. The van der Waals surface area contributed by atoms with Crippen molar-refractivity contribution in [1.82, 2.24) is 5.48 Å². The molecule has 1 atom stereocenters. The van der Waals surface area contributed by atoms with Crippen molar-refractivity contribution in [1.29, 1.82) is 0 Å². The zero-order valence-corrected chi connectivity index (χ0v) is 9.21. The highest BCUT2D eigenvalue weighted by Crippen LogP contribution is 2.21. The molecule has 0 bridgehead atoms. The monoisotopic (exact) mass is 213 g/mol. The van der Waals surface area contributed by atoms with E-state index in [4.69, 9.17) is 9.57 Å². The first-order valence-corrected chi connectivity index (χ1v) is 4.89. The van der Waals surface area contributed by atoms with Crippen molar-refractivity contribution in [2.45, 2.75) is 19.9 Å². The number of benzene rings is 1. The van der Waals surface area contributed by atoms with Crippen molar-refractivity contribution in [2.24, 2.45) is 0 Å². The third-order valence-corrected chi connectivity index (χ3v) is 2.08. The minimum atomic E-state index is -0.361. The summed E-state index contributed by atoms with van der Waals surface area (Å²) < 4.78 is 18.2. The third kappa shape index (κ3) is 3.18. The van der Waals surface area contributed by atoms with Gasteiger partial charge in [-0.15, -0.1) is 0 Å². The van der Waals surface area contributed by atoms with Gasteiger partial charge in [0, 0.05) is 0 Å². The minimum Gasteiger partial charge on any atom is -0.494 e. The molecular weight excluding hydrogens is 197 g/mol. The normalized spacial score (nSPS) is 12.5. The molecule has 0 aliphatic rings. The molecule has 0 aromatic heterocycles. The Morgan fingerprint density at radius 1 is 1.47 bits per heavy atom. The van der Waals surface area contributed by atoms with Gasteiger partial charge in [0.05, 0.1) is 19.8 Å². The van der Waals surface area contributed by atoms with E-state index < -0.39 is 0 Å². The maximum absolute atomic E-state index is 13.3. The molecule has 0 aliphatic carbocycles. The molecule has 0 fully saturated rings. The summed E-state index contributed by atoms with van der Waals surface area (Å²) in [5, 5.41) is 0. The number of hydrogen-bond donors (Lipinski definition) is 1. The highest BCUT2D eigenvalue weighted by molar-refractivity contribution is 5.30. The van der Waals surface area contributed by atoms with Crippen LogP contribution >= 0.6 is 0 Å². The fourth-order valence-corrected chi connectivity index (χ4v) is 1.23. The van der Waals surface area contributed by atoms with Crippen molar-refractivity contribution >= 4 is 0 Å². The molecule has 0 heterocycles. The second-order valence-corrected chi connectivity index (χ2v) is 3.17. The minimum absolute atomic E-state index is 0.0506. The van der Waals surface area contributed by atoms with E-state index in [1.54, 1.807) is 12.1 Å². The van der Waals surface area contributed by atoms with E-state index in [1.807, 2.05) is 13.8 Å². The lowest BCUT2D eigenvalue weighted by molar-refractivity contribution is 0.0284. The van der Waals surface area contributed by atoms with Crippen molar-refractivity contribution in [2.75, 3.05) is 13.7 Å². The van der Waals surface area contributed by atoms with Gasteiger partial charge in [0.15, 0.2) is 11.6 Å². The Morgan fingerprint density at radius 3 is 2.73 bits per heavy atom. The average Bonchev–Trinajstić information content (AvgIpc) is 2.25. The van der Waals surface area contributed by atoms with E-state index in [9.17, 15) is 4.39 Å². The lowest BCUT2D eigenvalue weighted by Gasteiger charge is -2.14. The van der Waals surface area contributed by atoms with Gasteiger partial charge in [0.2, 0.25) is 0 Å². The lowest BCUT2D eigenvalue weighted by atomic mass is 10.1. The van der Waals surface area contributed by atoms with Gasteiger partial charge in [-0.05, 0) is 31.5 Å². The number of hydrogen-bond acceptors (Lipinski definition) is 3. The van der Waals surface area contributed by atoms with E-state index in [1.165, 1.54) is 13.2 Å². The van der Waals surface area contributed by atoms with Crippen LogP contribution in [0, 0.1) is 5.82 Å². The van der Waals surface area contributed by atoms with E-state index in [0.29, 0.717) is 6.61 Å². The fourth-order valence-electron chi connectivity index (χ4n) is 1.23. The van der Waals surface area contributed by atoms with Crippen LogP contribution in [0.4, 0.5) is 4.39 Å². The molecule has 1 aromatic rings. The number of ether oxygens (including phenoxy) is 1. The SMILES string of the molecule is CCONC(C)c1ccc(OC)c(F)c1. The maximum Gasteiger partial charge on any atom is 0.165 e. The Bertz CT molecular complexity index is 317. The Morgan fingerprint density at radius 2 is 2.20 bits per heavy atom. The largest absolute Gasteiger partial charge is 0.494 e. The quantitative estimate of drug-likeness (QED) is 0.762. The van der Waals surface area contributed by atoms with Crippen LogP contribution in [0.1, 0.15) is 25.5 Å². The van der Waals surface area contributed by atoms with E-state index in [-0.39, 0.29) is 17.6 Å². The Hall–Kier alpha value is -1.13. The summed E-state index contributed by atoms with van der Waals surface area (Å²) in [4.78, 5) is 5.04. The molecule has 1 rings (SSSR count). The summed E-state index contributed by atoms with van der Waals surface area (Å²) in [5.41, 5.74) is 3.63. The second-order valence-electron chi connectivity index (χ2n) is 3.17. The molecule has 4 heteroatoms. The predicted octanol–water partition coefficient (Wildman–Crippen LogP) is 2.44. The van der Waals surface area contributed by atoms with Crippen LogP contribution in [-0.4, -0.2) is 13.7 Å². The topological polar surface area (TPSA) is 30.5 Å². The molecule has 1 unspecified atom stereocenters. The predicted molar refractivity (Wildman–Crippen MR) is 56.1 cm³/mol. The first-order chi connectivity index (χ1) is 7.19. The highest BCUT2D eigenvalue weighted by atomic mass is 19.1. The third-order valence-electron chi connectivity index (χ3n) is 2.08. The molecule has 84 valence electrons. The van der Waals surface area contributed by atoms with Crippen LogP contribution in [0.3, 0.4) is 0 Å². The summed E-state index contributed by atoms with van der Waals surface area (Å²) in [6, 6.07) is 4.80. The summed E-state index contributed by atoms with van der Waals surface area (Å²) in [6.45, 7) is 4.36. The molecule has 15 heavy (non-hydrogen) atoms. The first kappa shape index (κ1) is 11.9. The van der Waals surface area contributed by atoms with Gasteiger partial charge in [0.25, 0.3) is 0 Å². The van der Waals surface area contributed by atoms with Gasteiger partial charge >= 0.3 is 0 Å². The van der Waals surface area contributed by atoms with Crippen LogP contribution < -0.4 is 10.2 Å². The zero-order valence-electron chi connectivity index (χ0n) is 9.21. The van der Waals surface area contributed by atoms with Gasteiger partial charge < -0.3 is 9.57 Å². The Labute approximate surface area is 89.2 Å². The van der Waals surface area contributed by atoms with Gasteiger partial charge in [-0.1, -0.05) is 6.07 Å². The van der Waals surface area contributed by atoms with Crippen LogP contribution in [0.5, 0.6) is 5.75 Å². The number of methoxy groups -OCH3 is 1. The molecule has 1 N–H and O–H groups in total. The van der Waals surface area contributed by atoms with Gasteiger partial charge in [-0.2, -0.15) is 5.48 Å². The van der Waals surface area contributed by atoms with Crippen molar-refractivity contribution in [3.63, 3.8) is 0 Å². The van der Waals surface area contributed by atoms with Gasteiger partial charge in [-0.3, -0.25) is 0 Å². The second kappa shape index (κ2) is 5.68. The number of rotatable bonds is 5. The molecule has 0 spiro atoms. The highest BCUT2D eigenvalue weighted by Gasteiger charge is 2.08. The van der Waals surface area contributed by atoms with E-state index in [2.05, 4.69) is 5.48 Å². The summed E-state index contributed by atoms with van der Waals surface area (Å²) in [5.74, 6) is -0.109. The Balaban J connectivity index is 2.73. The van der Waals surface area contributed by atoms with Crippen LogP contribution in [0.25, 0.3) is 0 Å². The van der Waals surface area contributed by atoms with E-state index >= 15 is 0 Å². The fraction of sp³-hybridized carbons (Fsp3) is 0.455. The summed E-state index contributed by atoms with van der Waals surface area (Å²) in [6.07, 6.45) is 0. The number of hydroxylamine groups is 1. The zero-order chi connectivity index (χ0) is 11.3. The van der Waals surface area contributed by atoms with Crippen molar-refractivity contribution in [3.05, 3.63) is 29.6 Å². The number of nitrogens with one attached hydrogen (secondary N) is 1. The van der Waals surface area contributed by atoms with E-state index in [0.717, 1.165) is 5.56 Å². The molecule has 0 saturated carbocycles. The number of halogens is 1. The van der Waals surface area contributed by atoms with Crippen LogP contribution in [-0.2, 0) is 4.84 Å². The first-order valence-electron chi connectivity index (χ1n) is 4.89. The lowest BCUT2D eigenvalue weighted by Crippen LogP contribution is -2.19. The summed E-state index contributed by atoms with van der Waals surface area (Å²) in [7, 11) is 1.44. The van der Waals surface area contributed by atoms with Gasteiger partial charge in [0.1, 0.15) is 0 Å². The molecule has 0 saturated heterocycles. The molecule has 0 aliphatic heterocycles. The average molecular weight is 213 g/mol. The van der Waals surface area contributed by atoms with Crippen molar-refractivity contribution < 1.29 is 14.0 Å². The smallest absolute Gasteiger partial charge is 0.165 e. The molecule has 3 nitrogen and oxygen atoms in total. The summed E-state index contributed by atoms with van der Waals surface area (Å²) >= 11 is 0. The molecule has 0 amide bonds. The molecule has 0 radical (unpaired) electrons.